The van der Waals surface area contributed by atoms with Gasteiger partial charge in [-0.25, -0.2) is 9.36 Å². The van der Waals surface area contributed by atoms with Crippen LogP contribution in [0.2, 0.25) is 0 Å². The van der Waals surface area contributed by atoms with Gasteiger partial charge >= 0.3 is 41.9 Å². The van der Waals surface area contributed by atoms with Crippen molar-refractivity contribution in [2.45, 2.75) is 43.9 Å². The Bertz CT molecular complexity index is 1390. The van der Waals surface area contributed by atoms with Gasteiger partial charge in [0.1, 0.15) is 16.3 Å². The molecule has 0 bridgehead atoms. The Balaban J connectivity index is -0.000000667. The van der Waals surface area contributed by atoms with Crippen LogP contribution in [0.1, 0.15) is 43.6 Å². The monoisotopic (exact) mass is 641 g/mol. The van der Waals surface area contributed by atoms with Gasteiger partial charge in [0.25, 0.3) is 0 Å². The topological polar surface area (TPSA) is 72.9 Å². The van der Waals surface area contributed by atoms with Gasteiger partial charge in [0, 0.05) is 26.1 Å². The van der Waals surface area contributed by atoms with Gasteiger partial charge in [0.15, 0.2) is 11.4 Å². The molecule has 1 N–H and O–H groups in total. The van der Waals surface area contributed by atoms with Crippen LogP contribution in [-0.2, 0) is 19.0 Å². The van der Waals surface area contributed by atoms with E-state index in [0.717, 1.165) is 12.1 Å². The van der Waals surface area contributed by atoms with E-state index in [2.05, 4.69) is 10.2 Å². The fourth-order valence-electron chi connectivity index (χ4n) is 3.10. The first-order valence-electron chi connectivity index (χ1n) is 10.6. The number of hydrogen-bond acceptors (Lipinski definition) is 6. The number of aliphatic hydroxyl groups excluding tert-OH is 1. The summed E-state index contributed by atoms with van der Waals surface area (Å²) >= 11 is 2.36. The molecule has 223 valence electrons. The first-order chi connectivity index (χ1) is 17.9. The maximum absolute atomic E-state index is 12.6. The van der Waals surface area contributed by atoms with Crippen LogP contribution in [0, 0.1) is 0 Å². The molecule has 42 heavy (non-hydrogen) atoms. The third-order valence-corrected chi connectivity index (χ3v) is 6.41. The number of aliphatic hydroxyl groups is 1. The summed E-state index contributed by atoms with van der Waals surface area (Å²) in [6.45, 7) is -0.109. The maximum Gasteiger partial charge on any atom is 1.00 e. The molecule has 0 unspecified atom stereocenters. The number of halogens is 6. The zero-order valence-electron chi connectivity index (χ0n) is 22.4. The van der Waals surface area contributed by atoms with E-state index in [1.54, 1.807) is 48.9 Å². The van der Waals surface area contributed by atoms with E-state index >= 15 is 0 Å². The van der Waals surface area contributed by atoms with Gasteiger partial charge in [-0.1, -0.05) is 27.0 Å². The summed E-state index contributed by atoms with van der Waals surface area (Å²) in [6, 6.07) is 14.7. The third-order valence-electron chi connectivity index (χ3n) is 4.99. The van der Waals surface area contributed by atoms with E-state index in [-0.39, 0.29) is 60.9 Å². The standard InChI is InChI=1S/C12H11F3N2OS.C12H9F3N2OS.2CH4.B.Na.H/c2*1-19-11-6-10(12(13,14)15)16-17(11)9-4-2-8(7-18)3-5-9;;;;;/h2-6,18H,7H2,1H3;2-7H,1H3;2*1H4;;;/q;;;;;+1;-1. The average Bonchev–Trinajstić information content (AvgIpc) is 3.54. The van der Waals surface area contributed by atoms with Crippen LogP contribution in [0.4, 0.5) is 26.3 Å². The summed E-state index contributed by atoms with van der Waals surface area (Å²) in [5.41, 5.74) is 0.303. The maximum atomic E-state index is 12.6. The number of nitrogens with zero attached hydrogens (tertiary/aromatic N) is 4. The normalized spacial score (nSPS) is 10.6. The Morgan fingerprint density at radius 3 is 1.43 bits per heavy atom. The molecule has 0 saturated heterocycles. The number of thioether (sulfide) groups is 2. The molecule has 0 spiro atoms. The smallest absolute Gasteiger partial charge is 1.00 e. The number of benzene rings is 2. The molecule has 0 atom stereocenters. The molecule has 3 radical (unpaired) electrons. The van der Waals surface area contributed by atoms with Gasteiger partial charge in [-0.05, 0) is 54.5 Å². The first-order valence-corrected chi connectivity index (χ1v) is 13.0. The summed E-state index contributed by atoms with van der Waals surface area (Å²) in [5, 5.41) is 16.9. The molecule has 0 aliphatic rings. The van der Waals surface area contributed by atoms with Gasteiger partial charge in [0.2, 0.25) is 0 Å². The van der Waals surface area contributed by atoms with Gasteiger partial charge < -0.3 is 6.53 Å². The molecule has 0 aliphatic heterocycles. The summed E-state index contributed by atoms with van der Waals surface area (Å²) in [5.74, 6) is 0. The van der Waals surface area contributed by atoms with E-state index in [9.17, 15) is 31.1 Å². The number of carbonyl (C=O) groups is 1. The summed E-state index contributed by atoms with van der Waals surface area (Å²) < 4.78 is 78.2. The molecule has 2 aromatic heterocycles. The van der Waals surface area contributed by atoms with Crippen molar-refractivity contribution >= 4 is 38.2 Å². The molecule has 2 heterocycles. The van der Waals surface area contributed by atoms with Crippen molar-refractivity contribution in [3.8, 4) is 11.4 Å². The fraction of sp³-hybridized carbons (Fsp3) is 0.269. The van der Waals surface area contributed by atoms with Gasteiger partial charge in [-0.2, -0.15) is 36.5 Å². The Labute approximate surface area is 274 Å². The molecule has 2 aromatic carbocycles. The van der Waals surface area contributed by atoms with E-state index in [1.165, 1.54) is 45.0 Å². The molecule has 4 rings (SSSR count). The number of hydrogen-bond donors (Lipinski definition) is 1. The fourth-order valence-corrected chi connectivity index (χ4v) is 4.20. The largest absolute Gasteiger partial charge is 1.00 e. The summed E-state index contributed by atoms with van der Waals surface area (Å²) in [7, 11) is 0. The molecule has 16 heteroatoms. The van der Waals surface area contributed by atoms with E-state index < -0.39 is 23.7 Å². The summed E-state index contributed by atoms with van der Waals surface area (Å²) in [4.78, 5) is 10.5. The second kappa shape index (κ2) is 17.8. The molecular weight excluding hydrogens is 612 g/mol. The SMILES string of the molecule is C.C.CSc1cc(C(F)(F)F)nn1-c1ccc(C=O)cc1.CSc1cc(C(F)(F)F)nn1-c1ccc(CO)cc1.[B].[H-].[Na+]. The van der Waals surface area contributed by atoms with Crippen LogP contribution in [0.5, 0.6) is 0 Å². The molecule has 4 aromatic rings. The van der Waals surface area contributed by atoms with E-state index in [4.69, 9.17) is 5.11 Å². The van der Waals surface area contributed by atoms with Crippen molar-refractivity contribution in [1.82, 2.24) is 19.6 Å². The zero-order chi connectivity index (χ0) is 28.1. The average molecular weight is 641 g/mol. The molecule has 0 aliphatic carbocycles. The quantitative estimate of drug-likeness (QED) is 0.144. The predicted molar refractivity (Wildman–Crippen MR) is 152 cm³/mol. The van der Waals surface area contributed by atoms with Crippen LogP contribution >= 0.6 is 23.5 Å². The number of carbonyl (C=O) groups excluding carboxylic acids is 1. The predicted octanol–water partition coefficient (Wildman–Crippen LogP) is 4.54. The number of alkyl halides is 6. The van der Waals surface area contributed by atoms with E-state index in [0.29, 0.717) is 38.8 Å². The Morgan fingerprint density at radius 2 is 1.14 bits per heavy atom. The van der Waals surface area contributed by atoms with Crippen LogP contribution < -0.4 is 29.6 Å². The van der Waals surface area contributed by atoms with Crippen molar-refractivity contribution in [3.05, 3.63) is 83.2 Å². The minimum atomic E-state index is -4.47. The second-order valence-electron chi connectivity index (χ2n) is 7.50. The minimum absolute atomic E-state index is 0. The van der Waals surface area contributed by atoms with Crippen LogP contribution in [-0.4, -0.2) is 51.9 Å². The Kier molecular flexibility index (Phi) is 17.8. The van der Waals surface area contributed by atoms with Crippen molar-refractivity contribution in [1.29, 1.82) is 0 Å². The van der Waals surface area contributed by atoms with Gasteiger partial charge in [-0.3, -0.25) is 4.79 Å². The Morgan fingerprint density at radius 1 is 0.786 bits per heavy atom. The van der Waals surface area contributed by atoms with E-state index in [1.807, 2.05) is 0 Å². The van der Waals surface area contributed by atoms with Crippen molar-refractivity contribution in [3.63, 3.8) is 0 Å². The van der Waals surface area contributed by atoms with Crippen molar-refractivity contribution < 1.29 is 67.2 Å². The number of rotatable bonds is 6. The van der Waals surface area contributed by atoms with Crippen molar-refractivity contribution in [2.24, 2.45) is 0 Å². The molecule has 0 saturated carbocycles. The second-order valence-corrected chi connectivity index (χ2v) is 9.15. The number of aldehydes is 1. The zero-order valence-corrected chi connectivity index (χ0v) is 25.0. The van der Waals surface area contributed by atoms with Crippen molar-refractivity contribution in [2.75, 3.05) is 12.5 Å². The van der Waals surface area contributed by atoms with Crippen LogP contribution in [0.15, 0.2) is 70.7 Å². The Hall–Kier alpha value is -2.17. The summed E-state index contributed by atoms with van der Waals surface area (Å²) in [6.07, 6.45) is -4.90. The first kappa shape index (κ1) is 42.0. The third kappa shape index (κ3) is 10.5. The minimum Gasteiger partial charge on any atom is -1.00 e. The molecule has 0 fully saturated rings. The molecule has 0 amide bonds. The van der Waals surface area contributed by atoms with Gasteiger partial charge in [0.05, 0.1) is 18.0 Å². The molecular formula is C26H29BF6N4NaO2S2. The van der Waals surface area contributed by atoms with Crippen LogP contribution in [0.25, 0.3) is 11.4 Å². The molecule has 6 nitrogen and oxygen atoms in total. The van der Waals surface area contributed by atoms with Crippen LogP contribution in [0.3, 0.4) is 0 Å². The van der Waals surface area contributed by atoms with Gasteiger partial charge in [-0.15, -0.1) is 23.5 Å². The number of aromatic nitrogens is 4.